The Morgan fingerprint density at radius 2 is 1.63 bits per heavy atom. The van der Waals surface area contributed by atoms with E-state index in [0.29, 0.717) is 37.2 Å². The van der Waals surface area contributed by atoms with Crippen molar-refractivity contribution in [1.29, 1.82) is 0 Å². The number of carbonyl (C=O) groups is 2. The SMILES string of the molecule is COc1ccc(NC(=O)C2CCN(C(=O)c3cccc(OC)c3)CC2)cc1. The fourth-order valence-corrected chi connectivity index (χ4v) is 3.20. The molecule has 6 nitrogen and oxygen atoms in total. The van der Waals surface area contributed by atoms with Crippen molar-refractivity contribution in [2.45, 2.75) is 12.8 Å². The van der Waals surface area contributed by atoms with Gasteiger partial charge in [0.15, 0.2) is 0 Å². The van der Waals surface area contributed by atoms with E-state index < -0.39 is 0 Å². The highest BCUT2D eigenvalue weighted by molar-refractivity contribution is 5.95. The fourth-order valence-electron chi connectivity index (χ4n) is 3.20. The fraction of sp³-hybridized carbons (Fsp3) is 0.333. The molecule has 1 aliphatic heterocycles. The van der Waals surface area contributed by atoms with Crippen LogP contribution < -0.4 is 14.8 Å². The average Bonchev–Trinajstić information content (AvgIpc) is 2.74. The average molecular weight is 368 g/mol. The molecule has 1 heterocycles. The van der Waals surface area contributed by atoms with E-state index in [-0.39, 0.29) is 17.7 Å². The minimum Gasteiger partial charge on any atom is -0.497 e. The van der Waals surface area contributed by atoms with Crippen molar-refractivity contribution >= 4 is 17.5 Å². The first-order valence-corrected chi connectivity index (χ1v) is 8.99. The van der Waals surface area contributed by atoms with Crippen LogP contribution in [-0.4, -0.2) is 44.0 Å². The van der Waals surface area contributed by atoms with Crippen molar-refractivity contribution in [3.63, 3.8) is 0 Å². The Balaban J connectivity index is 1.54. The maximum atomic E-state index is 12.7. The topological polar surface area (TPSA) is 67.9 Å². The highest BCUT2D eigenvalue weighted by Gasteiger charge is 2.28. The molecule has 2 aromatic rings. The normalized spacial score (nSPS) is 14.5. The largest absolute Gasteiger partial charge is 0.497 e. The number of nitrogens with zero attached hydrogens (tertiary/aromatic N) is 1. The first kappa shape index (κ1) is 18.8. The highest BCUT2D eigenvalue weighted by Crippen LogP contribution is 2.23. The Morgan fingerprint density at radius 1 is 0.963 bits per heavy atom. The van der Waals surface area contributed by atoms with E-state index in [1.165, 1.54) is 0 Å². The van der Waals surface area contributed by atoms with E-state index >= 15 is 0 Å². The summed E-state index contributed by atoms with van der Waals surface area (Å²) in [6.45, 7) is 1.13. The summed E-state index contributed by atoms with van der Waals surface area (Å²) in [5.41, 5.74) is 1.35. The molecular formula is C21H24N2O4. The summed E-state index contributed by atoms with van der Waals surface area (Å²) >= 11 is 0. The minimum absolute atomic E-state index is 0.00588. The van der Waals surface area contributed by atoms with Gasteiger partial charge in [-0.25, -0.2) is 0 Å². The van der Waals surface area contributed by atoms with Gasteiger partial charge in [-0.3, -0.25) is 9.59 Å². The van der Waals surface area contributed by atoms with Crippen molar-refractivity contribution < 1.29 is 19.1 Å². The number of methoxy groups -OCH3 is 2. The van der Waals surface area contributed by atoms with Gasteiger partial charge in [0.25, 0.3) is 5.91 Å². The van der Waals surface area contributed by atoms with Crippen LogP contribution >= 0.6 is 0 Å². The summed E-state index contributed by atoms with van der Waals surface area (Å²) < 4.78 is 10.3. The summed E-state index contributed by atoms with van der Waals surface area (Å²) in [5.74, 6) is 1.28. The second-order valence-corrected chi connectivity index (χ2v) is 6.52. The monoisotopic (exact) mass is 368 g/mol. The zero-order valence-electron chi connectivity index (χ0n) is 15.6. The third-order valence-corrected chi connectivity index (χ3v) is 4.83. The molecule has 0 unspecified atom stereocenters. The zero-order valence-corrected chi connectivity index (χ0v) is 15.6. The van der Waals surface area contributed by atoms with Gasteiger partial charge >= 0.3 is 0 Å². The van der Waals surface area contributed by atoms with E-state index in [0.717, 1.165) is 11.4 Å². The third-order valence-electron chi connectivity index (χ3n) is 4.83. The summed E-state index contributed by atoms with van der Waals surface area (Å²) in [6, 6.07) is 14.4. The summed E-state index contributed by atoms with van der Waals surface area (Å²) in [5, 5.41) is 2.94. The molecule has 1 N–H and O–H groups in total. The van der Waals surface area contributed by atoms with Crippen LogP contribution in [0.3, 0.4) is 0 Å². The molecule has 2 aromatic carbocycles. The Morgan fingerprint density at radius 3 is 2.26 bits per heavy atom. The molecule has 0 saturated carbocycles. The molecule has 6 heteroatoms. The first-order chi connectivity index (χ1) is 13.1. The van der Waals surface area contributed by atoms with Crippen LogP contribution in [0.25, 0.3) is 0 Å². The van der Waals surface area contributed by atoms with Gasteiger partial charge in [0.05, 0.1) is 14.2 Å². The third kappa shape index (κ3) is 4.58. The number of piperidine rings is 1. The molecule has 3 rings (SSSR count). The van der Waals surface area contributed by atoms with Gasteiger partial charge in [0, 0.05) is 30.3 Å². The molecule has 27 heavy (non-hydrogen) atoms. The van der Waals surface area contributed by atoms with Crippen LogP contribution in [0.4, 0.5) is 5.69 Å². The molecule has 0 radical (unpaired) electrons. The Kier molecular flexibility index (Phi) is 5.96. The van der Waals surface area contributed by atoms with Crippen LogP contribution in [-0.2, 0) is 4.79 Å². The molecule has 0 spiro atoms. The number of nitrogens with one attached hydrogen (secondary N) is 1. The lowest BCUT2D eigenvalue weighted by molar-refractivity contribution is -0.121. The summed E-state index contributed by atoms with van der Waals surface area (Å²) in [7, 11) is 3.19. The lowest BCUT2D eigenvalue weighted by Crippen LogP contribution is -2.41. The second kappa shape index (κ2) is 8.58. The number of hydrogen-bond acceptors (Lipinski definition) is 4. The molecule has 0 bridgehead atoms. The van der Waals surface area contributed by atoms with E-state index in [1.54, 1.807) is 37.3 Å². The van der Waals surface area contributed by atoms with E-state index in [4.69, 9.17) is 9.47 Å². The van der Waals surface area contributed by atoms with Crippen molar-refractivity contribution in [3.05, 3.63) is 54.1 Å². The smallest absolute Gasteiger partial charge is 0.253 e. The van der Waals surface area contributed by atoms with Crippen LogP contribution in [0.2, 0.25) is 0 Å². The van der Waals surface area contributed by atoms with Gasteiger partial charge in [-0.15, -0.1) is 0 Å². The maximum absolute atomic E-state index is 12.7. The predicted octanol–water partition coefficient (Wildman–Crippen LogP) is 3.19. The number of benzene rings is 2. The van der Waals surface area contributed by atoms with Gasteiger partial charge in [-0.05, 0) is 55.3 Å². The number of rotatable bonds is 5. The van der Waals surface area contributed by atoms with Gasteiger partial charge < -0.3 is 19.7 Å². The molecule has 0 aromatic heterocycles. The highest BCUT2D eigenvalue weighted by atomic mass is 16.5. The molecular weight excluding hydrogens is 344 g/mol. The number of anilines is 1. The van der Waals surface area contributed by atoms with Crippen LogP contribution in [0.1, 0.15) is 23.2 Å². The van der Waals surface area contributed by atoms with Crippen LogP contribution in [0.5, 0.6) is 11.5 Å². The Labute approximate surface area is 159 Å². The second-order valence-electron chi connectivity index (χ2n) is 6.52. The molecule has 1 aliphatic rings. The maximum Gasteiger partial charge on any atom is 0.253 e. The number of likely N-dealkylation sites (tertiary alicyclic amines) is 1. The van der Waals surface area contributed by atoms with Gasteiger partial charge in [-0.1, -0.05) is 6.07 Å². The number of ether oxygens (including phenoxy) is 2. The predicted molar refractivity (Wildman–Crippen MR) is 103 cm³/mol. The number of amides is 2. The Hall–Kier alpha value is -3.02. The number of hydrogen-bond donors (Lipinski definition) is 1. The van der Waals surface area contributed by atoms with E-state index in [1.807, 2.05) is 30.3 Å². The van der Waals surface area contributed by atoms with Crippen molar-refractivity contribution in [3.8, 4) is 11.5 Å². The molecule has 2 amide bonds. The first-order valence-electron chi connectivity index (χ1n) is 8.99. The van der Waals surface area contributed by atoms with Crippen molar-refractivity contribution in [2.75, 3.05) is 32.6 Å². The van der Waals surface area contributed by atoms with Crippen LogP contribution in [0.15, 0.2) is 48.5 Å². The van der Waals surface area contributed by atoms with Crippen molar-refractivity contribution in [2.24, 2.45) is 5.92 Å². The van der Waals surface area contributed by atoms with E-state index in [2.05, 4.69) is 5.32 Å². The minimum atomic E-state index is -0.0959. The van der Waals surface area contributed by atoms with E-state index in [9.17, 15) is 9.59 Å². The lowest BCUT2D eigenvalue weighted by atomic mass is 9.95. The van der Waals surface area contributed by atoms with Gasteiger partial charge in [-0.2, -0.15) is 0 Å². The number of carbonyl (C=O) groups excluding carboxylic acids is 2. The van der Waals surface area contributed by atoms with Crippen LogP contribution in [0, 0.1) is 5.92 Å². The van der Waals surface area contributed by atoms with Gasteiger partial charge in [0.2, 0.25) is 5.91 Å². The molecule has 0 aliphatic carbocycles. The molecule has 0 atom stereocenters. The van der Waals surface area contributed by atoms with Gasteiger partial charge in [0.1, 0.15) is 11.5 Å². The lowest BCUT2D eigenvalue weighted by Gasteiger charge is -2.31. The standard InChI is InChI=1S/C21H24N2O4/c1-26-18-8-6-17(7-9-18)22-20(24)15-10-12-23(13-11-15)21(25)16-4-3-5-19(14-16)27-2/h3-9,14-15H,10-13H2,1-2H3,(H,22,24). The summed E-state index contributed by atoms with van der Waals surface area (Å²) in [6.07, 6.45) is 1.30. The Bertz CT molecular complexity index is 796. The zero-order chi connectivity index (χ0) is 19.2. The summed E-state index contributed by atoms with van der Waals surface area (Å²) in [4.78, 5) is 26.9. The molecule has 1 fully saturated rings. The molecule has 1 saturated heterocycles. The molecule has 142 valence electrons. The van der Waals surface area contributed by atoms with Crippen molar-refractivity contribution in [1.82, 2.24) is 4.90 Å². The quantitative estimate of drug-likeness (QED) is 0.880.